The van der Waals surface area contributed by atoms with Gasteiger partial charge in [0.15, 0.2) is 5.76 Å². The number of rotatable bonds is 3. The van der Waals surface area contributed by atoms with Crippen LogP contribution in [0.3, 0.4) is 0 Å². The van der Waals surface area contributed by atoms with Crippen LogP contribution >= 0.6 is 22.9 Å². The summed E-state index contributed by atoms with van der Waals surface area (Å²) in [6, 6.07) is 18.8. The van der Waals surface area contributed by atoms with E-state index in [2.05, 4.69) is 10.1 Å². The SMILES string of the molecule is Cc1c(-c2nc3sc(=Cc4ccc(-c5cccc(Cl)c5)o4)c(=O)n3n2)oc2ccccc12. The Hall–Kier alpha value is -3.68. The second-order valence-electron chi connectivity index (χ2n) is 7.31. The maximum atomic E-state index is 12.9. The maximum absolute atomic E-state index is 12.9. The van der Waals surface area contributed by atoms with Gasteiger partial charge in [0.05, 0.1) is 0 Å². The van der Waals surface area contributed by atoms with Gasteiger partial charge in [-0.3, -0.25) is 4.79 Å². The minimum atomic E-state index is -0.252. The Morgan fingerprint density at radius 1 is 1.06 bits per heavy atom. The number of aromatic nitrogens is 3. The van der Waals surface area contributed by atoms with E-state index in [9.17, 15) is 4.79 Å². The largest absolute Gasteiger partial charge is 0.457 e. The topological polar surface area (TPSA) is 73.5 Å². The van der Waals surface area contributed by atoms with Crippen LogP contribution in [0.4, 0.5) is 0 Å². The summed E-state index contributed by atoms with van der Waals surface area (Å²) in [4.78, 5) is 17.9. The van der Waals surface area contributed by atoms with E-state index >= 15 is 0 Å². The molecular formula is C24H14ClN3O3S. The normalized spacial score (nSPS) is 12.4. The van der Waals surface area contributed by atoms with Crippen LogP contribution in [-0.2, 0) is 0 Å². The first-order valence-corrected chi connectivity index (χ1v) is 11.0. The lowest BCUT2D eigenvalue weighted by atomic mass is 10.1. The van der Waals surface area contributed by atoms with Crippen LogP contribution in [0.1, 0.15) is 11.3 Å². The van der Waals surface area contributed by atoms with Gasteiger partial charge in [-0.1, -0.05) is 53.3 Å². The molecule has 0 N–H and O–H groups in total. The number of aryl methyl sites for hydroxylation is 1. The van der Waals surface area contributed by atoms with Crippen molar-refractivity contribution in [2.24, 2.45) is 0 Å². The zero-order valence-electron chi connectivity index (χ0n) is 16.7. The third-order valence-electron chi connectivity index (χ3n) is 5.24. The van der Waals surface area contributed by atoms with Gasteiger partial charge in [0.1, 0.15) is 21.6 Å². The average Bonchev–Trinajstić information content (AvgIpc) is 3.55. The summed E-state index contributed by atoms with van der Waals surface area (Å²) in [6.45, 7) is 1.96. The van der Waals surface area contributed by atoms with Gasteiger partial charge >= 0.3 is 0 Å². The molecule has 0 saturated heterocycles. The van der Waals surface area contributed by atoms with E-state index in [1.807, 2.05) is 61.5 Å². The Morgan fingerprint density at radius 2 is 1.94 bits per heavy atom. The van der Waals surface area contributed by atoms with E-state index in [0.717, 1.165) is 22.1 Å². The molecule has 0 saturated carbocycles. The third-order valence-corrected chi connectivity index (χ3v) is 6.43. The first-order valence-electron chi connectivity index (χ1n) is 9.82. The highest BCUT2D eigenvalue weighted by Gasteiger charge is 2.19. The molecule has 0 aliphatic heterocycles. The van der Waals surface area contributed by atoms with Crippen molar-refractivity contribution in [3.63, 3.8) is 0 Å². The Labute approximate surface area is 190 Å². The summed E-state index contributed by atoms with van der Waals surface area (Å²) in [7, 11) is 0. The van der Waals surface area contributed by atoms with E-state index in [1.165, 1.54) is 15.9 Å². The lowest BCUT2D eigenvalue weighted by molar-refractivity contribution is 0.571. The Kier molecular flexibility index (Phi) is 4.28. The zero-order chi connectivity index (χ0) is 21.8. The van der Waals surface area contributed by atoms with Crippen molar-refractivity contribution in [3.8, 4) is 22.9 Å². The lowest BCUT2D eigenvalue weighted by Crippen LogP contribution is -2.23. The molecule has 32 heavy (non-hydrogen) atoms. The molecule has 0 fully saturated rings. The Bertz CT molecular complexity index is 1740. The van der Waals surface area contributed by atoms with Crippen LogP contribution < -0.4 is 10.1 Å². The molecular weight excluding hydrogens is 446 g/mol. The summed E-state index contributed by atoms with van der Waals surface area (Å²) >= 11 is 7.31. The van der Waals surface area contributed by atoms with Crippen molar-refractivity contribution in [3.05, 3.63) is 91.9 Å². The molecule has 0 atom stereocenters. The lowest BCUT2D eigenvalue weighted by Gasteiger charge is -1.96. The summed E-state index contributed by atoms with van der Waals surface area (Å²) in [6.07, 6.45) is 1.70. The first kappa shape index (κ1) is 19.0. The maximum Gasteiger partial charge on any atom is 0.291 e. The third kappa shape index (κ3) is 3.05. The molecule has 6 nitrogen and oxygen atoms in total. The van der Waals surface area contributed by atoms with E-state index in [1.54, 1.807) is 12.1 Å². The summed E-state index contributed by atoms with van der Waals surface area (Å²) in [5.74, 6) is 2.21. The second kappa shape index (κ2) is 7.19. The van der Waals surface area contributed by atoms with Crippen LogP contribution in [-0.4, -0.2) is 14.6 Å². The fourth-order valence-corrected chi connectivity index (χ4v) is 4.75. The standard InChI is InChI=1S/C24H14ClN3O3S/c1-13-17-7-2-3-8-19(17)31-21(13)22-26-24-28(27-22)23(29)20(32-24)12-16-9-10-18(30-16)14-5-4-6-15(25)11-14/h2-12H,1H3. The van der Waals surface area contributed by atoms with E-state index < -0.39 is 0 Å². The molecule has 0 aliphatic carbocycles. The molecule has 6 rings (SSSR count). The predicted molar refractivity (Wildman–Crippen MR) is 125 cm³/mol. The highest BCUT2D eigenvalue weighted by molar-refractivity contribution is 7.15. The van der Waals surface area contributed by atoms with Gasteiger partial charge in [0.2, 0.25) is 10.8 Å². The van der Waals surface area contributed by atoms with Crippen LogP contribution in [0.2, 0.25) is 5.02 Å². The second-order valence-corrected chi connectivity index (χ2v) is 8.76. The fraction of sp³-hybridized carbons (Fsp3) is 0.0417. The molecule has 2 aromatic carbocycles. The Balaban J connectivity index is 1.40. The predicted octanol–water partition coefficient (Wildman–Crippen LogP) is 5.33. The van der Waals surface area contributed by atoms with Crippen molar-refractivity contribution in [2.75, 3.05) is 0 Å². The molecule has 0 aliphatic rings. The smallest absolute Gasteiger partial charge is 0.291 e. The molecule has 4 heterocycles. The highest BCUT2D eigenvalue weighted by atomic mass is 35.5. The number of nitrogens with zero attached hydrogens (tertiary/aromatic N) is 3. The quantitative estimate of drug-likeness (QED) is 0.357. The van der Waals surface area contributed by atoms with Crippen molar-refractivity contribution in [1.82, 2.24) is 14.6 Å². The molecule has 6 aromatic rings. The molecule has 8 heteroatoms. The average molecular weight is 460 g/mol. The monoisotopic (exact) mass is 459 g/mol. The fourth-order valence-electron chi connectivity index (χ4n) is 3.67. The van der Waals surface area contributed by atoms with Gasteiger partial charge in [-0.25, -0.2) is 0 Å². The van der Waals surface area contributed by atoms with E-state index in [-0.39, 0.29) is 5.56 Å². The molecule has 0 bridgehead atoms. The number of benzene rings is 2. The number of para-hydroxylation sites is 1. The summed E-state index contributed by atoms with van der Waals surface area (Å²) in [5.41, 5.74) is 2.33. The molecule has 156 valence electrons. The van der Waals surface area contributed by atoms with Crippen molar-refractivity contribution in [1.29, 1.82) is 0 Å². The van der Waals surface area contributed by atoms with Crippen LogP contribution in [0.25, 0.3) is 44.9 Å². The number of hydrogen-bond donors (Lipinski definition) is 0. The van der Waals surface area contributed by atoms with Gasteiger partial charge in [0, 0.05) is 27.6 Å². The number of thiazole rings is 1. The molecule has 0 spiro atoms. The van der Waals surface area contributed by atoms with Gasteiger partial charge in [0.25, 0.3) is 5.56 Å². The number of furan rings is 2. The minimum Gasteiger partial charge on any atom is -0.457 e. The molecule has 4 aromatic heterocycles. The van der Waals surface area contributed by atoms with Gasteiger partial charge in [-0.05, 0) is 37.3 Å². The van der Waals surface area contributed by atoms with Crippen LogP contribution in [0, 0.1) is 6.92 Å². The van der Waals surface area contributed by atoms with Crippen molar-refractivity contribution in [2.45, 2.75) is 6.92 Å². The van der Waals surface area contributed by atoms with Gasteiger partial charge in [-0.2, -0.15) is 9.50 Å². The van der Waals surface area contributed by atoms with Crippen molar-refractivity contribution >= 4 is 44.9 Å². The molecule has 0 unspecified atom stereocenters. The number of hydrogen-bond acceptors (Lipinski definition) is 6. The first-order chi connectivity index (χ1) is 15.6. The van der Waals surface area contributed by atoms with E-state index in [0.29, 0.717) is 37.6 Å². The summed E-state index contributed by atoms with van der Waals surface area (Å²) in [5, 5.41) is 6.04. The zero-order valence-corrected chi connectivity index (χ0v) is 18.3. The van der Waals surface area contributed by atoms with Crippen LogP contribution in [0.15, 0.2) is 74.3 Å². The number of fused-ring (bicyclic) bond motifs is 2. The Morgan fingerprint density at radius 3 is 2.75 bits per heavy atom. The molecule has 0 radical (unpaired) electrons. The van der Waals surface area contributed by atoms with Gasteiger partial charge < -0.3 is 8.83 Å². The minimum absolute atomic E-state index is 0.252. The number of halogens is 1. The summed E-state index contributed by atoms with van der Waals surface area (Å²) < 4.78 is 13.6. The van der Waals surface area contributed by atoms with Gasteiger partial charge in [-0.15, -0.1) is 5.10 Å². The van der Waals surface area contributed by atoms with Crippen LogP contribution in [0.5, 0.6) is 0 Å². The molecule has 0 amide bonds. The van der Waals surface area contributed by atoms with Crippen molar-refractivity contribution < 1.29 is 8.83 Å². The highest BCUT2D eigenvalue weighted by Crippen LogP contribution is 2.31. The van der Waals surface area contributed by atoms with E-state index in [4.69, 9.17) is 20.4 Å².